The summed E-state index contributed by atoms with van der Waals surface area (Å²) in [7, 11) is 0. The Labute approximate surface area is 130 Å². The second-order valence-corrected chi connectivity index (χ2v) is 7.21. The molecule has 0 bridgehead atoms. The van der Waals surface area contributed by atoms with Crippen molar-refractivity contribution in [3.05, 3.63) is 18.3 Å². The standard InChI is InChI=1S/C18H31N3/c1-6-21(7-2)17-9-8-15(13-19-17)20-16-10-11-18(4,5)12-14(16)3/h8-9,13-14,16,20H,6-7,10-12H2,1-5H3. The smallest absolute Gasteiger partial charge is 0.128 e. The van der Waals surface area contributed by atoms with Crippen LogP contribution in [-0.2, 0) is 0 Å². The summed E-state index contributed by atoms with van der Waals surface area (Å²) >= 11 is 0. The van der Waals surface area contributed by atoms with E-state index in [1.807, 2.05) is 6.20 Å². The third-order valence-corrected chi connectivity index (χ3v) is 4.88. The number of nitrogens with one attached hydrogen (secondary N) is 1. The average molecular weight is 289 g/mol. The van der Waals surface area contributed by atoms with Crippen LogP contribution in [0, 0.1) is 11.3 Å². The van der Waals surface area contributed by atoms with E-state index in [9.17, 15) is 0 Å². The first kappa shape index (κ1) is 16.1. The van der Waals surface area contributed by atoms with Crippen LogP contribution in [0.4, 0.5) is 11.5 Å². The molecule has 21 heavy (non-hydrogen) atoms. The van der Waals surface area contributed by atoms with Crippen LogP contribution in [0.3, 0.4) is 0 Å². The molecule has 3 nitrogen and oxygen atoms in total. The number of hydrogen-bond donors (Lipinski definition) is 1. The topological polar surface area (TPSA) is 28.2 Å². The van der Waals surface area contributed by atoms with Crippen molar-refractivity contribution < 1.29 is 0 Å². The van der Waals surface area contributed by atoms with E-state index < -0.39 is 0 Å². The Bertz CT molecular complexity index is 434. The first-order chi connectivity index (χ1) is 9.95. The van der Waals surface area contributed by atoms with Crippen LogP contribution in [0.2, 0.25) is 0 Å². The monoisotopic (exact) mass is 289 g/mol. The van der Waals surface area contributed by atoms with Gasteiger partial charge in [-0.2, -0.15) is 0 Å². The van der Waals surface area contributed by atoms with Crippen molar-refractivity contribution >= 4 is 11.5 Å². The van der Waals surface area contributed by atoms with Crippen molar-refractivity contribution in [1.29, 1.82) is 0 Å². The molecule has 0 saturated heterocycles. The summed E-state index contributed by atoms with van der Waals surface area (Å²) in [6, 6.07) is 4.89. The molecule has 1 heterocycles. The Balaban J connectivity index is 1.97. The van der Waals surface area contributed by atoms with E-state index in [4.69, 9.17) is 0 Å². The zero-order chi connectivity index (χ0) is 15.5. The van der Waals surface area contributed by atoms with Crippen molar-refractivity contribution in [2.24, 2.45) is 11.3 Å². The molecule has 0 spiro atoms. The predicted octanol–water partition coefficient (Wildman–Crippen LogP) is 4.55. The van der Waals surface area contributed by atoms with Crippen LogP contribution >= 0.6 is 0 Å². The van der Waals surface area contributed by atoms with Crippen LogP contribution in [0.5, 0.6) is 0 Å². The van der Waals surface area contributed by atoms with Crippen LogP contribution in [0.25, 0.3) is 0 Å². The van der Waals surface area contributed by atoms with Crippen molar-refractivity contribution in [3.63, 3.8) is 0 Å². The van der Waals surface area contributed by atoms with Gasteiger partial charge in [0, 0.05) is 19.1 Å². The van der Waals surface area contributed by atoms with Crippen molar-refractivity contribution in [2.75, 3.05) is 23.3 Å². The van der Waals surface area contributed by atoms with Gasteiger partial charge in [-0.15, -0.1) is 0 Å². The summed E-state index contributed by atoms with van der Waals surface area (Å²) in [6.07, 6.45) is 5.85. The molecule has 1 aromatic rings. The maximum Gasteiger partial charge on any atom is 0.128 e. The van der Waals surface area contributed by atoms with Gasteiger partial charge in [-0.1, -0.05) is 20.8 Å². The molecular formula is C18H31N3. The number of nitrogens with zero attached hydrogens (tertiary/aromatic N) is 2. The van der Waals surface area contributed by atoms with Crippen molar-refractivity contribution in [2.45, 2.75) is 59.9 Å². The Morgan fingerprint density at radius 1 is 1.29 bits per heavy atom. The Morgan fingerprint density at radius 2 is 2.00 bits per heavy atom. The molecule has 1 fully saturated rings. The van der Waals surface area contributed by atoms with Crippen molar-refractivity contribution in [3.8, 4) is 0 Å². The highest BCUT2D eigenvalue weighted by Crippen LogP contribution is 2.39. The van der Waals surface area contributed by atoms with E-state index in [0.29, 0.717) is 11.5 Å². The van der Waals surface area contributed by atoms with E-state index in [-0.39, 0.29) is 0 Å². The van der Waals surface area contributed by atoms with E-state index >= 15 is 0 Å². The molecule has 0 aliphatic heterocycles. The van der Waals surface area contributed by atoms with Gasteiger partial charge in [0.2, 0.25) is 0 Å². The summed E-state index contributed by atoms with van der Waals surface area (Å²) in [6.45, 7) is 13.5. The van der Waals surface area contributed by atoms with Gasteiger partial charge in [-0.3, -0.25) is 0 Å². The lowest BCUT2D eigenvalue weighted by Gasteiger charge is -2.40. The Hall–Kier alpha value is -1.25. The molecule has 3 heteroatoms. The fourth-order valence-corrected chi connectivity index (χ4v) is 3.58. The summed E-state index contributed by atoms with van der Waals surface area (Å²) in [5, 5.41) is 3.69. The lowest BCUT2D eigenvalue weighted by Crippen LogP contribution is -2.36. The Morgan fingerprint density at radius 3 is 2.52 bits per heavy atom. The molecule has 1 saturated carbocycles. The van der Waals surface area contributed by atoms with E-state index in [2.05, 4.69) is 62.0 Å². The predicted molar refractivity (Wildman–Crippen MR) is 92.0 cm³/mol. The maximum absolute atomic E-state index is 4.60. The number of pyridine rings is 1. The van der Waals surface area contributed by atoms with Gasteiger partial charge < -0.3 is 10.2 Å². The van der Waals surface area contributed by atoms with E-state index in [1.165, 1.54) is 19.3 Å². The van der Waals surface area contributed by atoms with Crippen LogP contribution < -0.4 is 10.2 Å². The van der Waals surface area contributed by atoms with Gasteiger partial charge in [-0.25, -0.2) is 4.98 Å². The highest BCUT2D eigenvalue weighted by Gasteiger charge is 2.32. The van der Waals surface area contributed by atoms with Gasteiger partial charge >= 0.3 is 0 Å². The molecule has 0 radical (unpaired) electrons. The van der Waals surface area contributed by atoms with Crippen molar-refractivity contribution in [1.82, 2.24) is 4.98 Å². The number of aromatic nitrogens is 1. The lowest BCUT2D eigenvalue weighted by molar-refractivity contribution is 0.177. The van der Waals surface area contributed by atoms with Gasteiger partial charge in [0.05, 0.1) is 11.9 Å². The van der Waals surface area contributed by atoms with Gasteiger partial charge in [0.1, 0.15) is 5.82 Å². The minimum absolute atomic E-state index is 0.502. The minimum atomic E-state index is 0.502. The quantitative estimate of drug-likeness (QED) is 0.861. The van der Waals surface area contributed by atoms with Gasteiger partial charge in [-0.05, 0) is 56.6 Å². The first-order valence-corrected chi connectivity index (χ1v) is 8.42. The van der Waals surface area contributed by atoms with Gasteiger partial charge in [0.25, 0.3) is 0 Å². The van der Waals surface area contributed by atoms with E-state index in [1.54, 1.807) is 0 Å². The minimum Gasteiger partial charge on any atom is -0.381 e. The number of anilines is 2. The highest BCUT2D eigenvalue weighted by molar-refractivity contribution is 5.49. The van der Waals surface area contributed by atoms with Gasteiger partial charge in [0.15, 0.2) is 0 Å². The summed E-state index contributed by atoms with van der Waals surface area (Å²) in [5.41, 5.74) is 1.66. The molecule has 0 aromatic carbocycles. The van der Waals surface area contributed by atoms with Crippen LogP contribution in [-0.4, -0.2) is 24.1 Å². The first-order valence-electron chi connectivity index (χ1n) is 8.42. The molecule has 2 unspecified atom stereocenters. The molecule has 2 rings (SSSR count). The molecule has 1 N–H and O–H groups in total. The largest absolute Gasteiger partial charge is 0.381 e. The molecule has 1 aromatic heterocycles. The normalized spacial score (nSPS) is 24.6. The molecule has 1 aliphatic carbocycles. The second-order valence-electron chi connectivity index (χ2n) is 7.21. The lowest BCUT2D eigenvalue weighted by atomic mass is 9.70. The number of hydrogen-bond acceptors (Lipinski definition) is 3. The zero-order valence-electron chi connectivity index (χ0n) is 14.3. The third kappa shape index (κ3) is 4.12. The molecule has 2 atom stereocenters. The second kappa shape index (κ2) is 6.67. The summed E-state index contributed by atoms with van der Waals surface area (Å²) in [4.78, 5) is 6.88. The molecule has 1 aliphatic rings. The zero-order valence-corrected chi connectivity index (χ0v) is 14.3. The van der Waals surface area contributed by atoms with Crippen LogP contribution in [0.15, 0.2) is 18.3 Å². The molecule has 0 amide bonds. The van der Waals surface area contributed by atoms with Crippen LogP contribution in [0.1, 0.15) is 53.9 Å². The SMILES string of the molecule is CCN(CC)c1ccc(NC2CCC(C)(C)CC2C)cn1. The fraction of sp³-hybridized carbons (Fsp3) is 0.722. The average Bonchev–Trinajstić information content (AvgIpc) is 2.44. The number of rotatable bonds is 5. The summed E-state index contributed by atoms with van der Waals surface area (Å²) < 4.78 is 0. The summed E-state index contributed by atoms with van der Waals surface area (Å²) in [5.74, 6) is 1.79. The fourth-order valence-electron chi connectivity index (χ4n) is 3.58. The maximum atomic E-state index is 4.60. The third-order valence-electron chi connectivity index (χ3n) is 4.88. The Kier molecular flexibility index (Phi) is 5.13. The molecule has 118 valence electrons. The highest BCUT2D eigenvalue weighted by atomic mass is 15.2. The van der Waals surface area contributed by atoms with E-state index in [0.717, 1.165) is 30.5 Å². The molecular weight excluding hydrogens is 258 g/mol.